The number of carbonyl (C=O) groups is 3. The Bertz CT molecular complexity index is 856. The summed E-state index contributed by atoms with van der Waals surface area (Å²) in [6.45, 7) is 3.60. The Morgan fingerprint density at radius 3 is 2.33 bits per heavy atom. The molecule has 2 aromatic carbocycles. The van der Waals surface area contributed by atoms with Crippen molar-refractivity contribution in [2.24, 2.45) is 5.73 Å². The third kappa shape index (κ3) is 6.10. The highest BCUT2D eigenvalue weighted by atomic mass is 32.2. The monoisotopic (exact) mass is 389 g/mol. The molecule has 0 radical (unpaired) electrons. The van der Waals surface area contributed by atoms with Gasteiger partial charge in [-0.2, -0.15) is 0 Å². The lowest BCUT2D eigenvalue weighted by Gasteiger charge is -2.13. The van der Waals surface area contributed by atoms with Crippen molar-refractivity contribution in [2.45, 2.75) is 19.1 Å². The lowest BCUT2D eigenvalue weighted by atomic mass is 10.1. The van der Waals surface area contributed by atoms with Crippen LogP contribution in [0.5, 0.6) is 0 Å². The number of aryl methyl sites for hydroxylation is 1. The summed E-state index contributed by atoms with van der Waals surface area (Å²) in [7, 11) is 0. The molecule has 1 unspecified atom stereocenters. The number of benzene rings is 2. The number of nitrogens with one attached hydrogen (secondary N) is 2. The number of hydrogen-bond acceptors (Lipinski definition) is 4. The van der Waals surface area contributed by atoms with Gasteiger partial charge in [0.25, 0.3) is 5.91 Å². The number of halogens is 1. The van der Waals surface area contributed by atoms with E-state index in [1.165, 1.54) is 12.1 Å². The Morgan fingerprint density at radius 1 is 1.07 bits per heavy atom. The summed E-state index contributed by atoms with van der Waals surface area (Å²) >= 11 is 1.16. The van der Waals surface area contributed by atoms with Gasteiger partial charge in [-0.3, -0.25) is 14.4 Å². The van der Waals surface area contributed by atoms with E-state index >= 15 is 0 Å². The summed E-state index contributed by atoms with van der Waals surface area (Å²) < 4.78 is 13.5. The van der Waals surface area contributed by atoms with Crippen LogP contribution in [0, 0.1) is 12.7 Å². The first-order valence-electron chi connectivity index (χ1n) is 8.14. The molecule has 3 amide bonds. The second-order valence-corrected chi connectivity index (χ2v) is 7.24. The van der Waals surface area contributed by atoms with Crippen LogP contribution >= 0.6 is 11.8 Å². The van der Waals surface area contributed by atoms with E-state index in [0.29, 0.717) is 5.69 Å². The van der Waals surface area contributed by atoms with Crippen molar-refractivity contribution in [3.8, 4) is 0 Å². The highest BCUT2D eigenvalue weighted by Crippen LogP contribution is 2.18. The molecule has 6 nitrogen and oxygen atoms in total. The van der Waals surface area contributed by atoms with Crippen LogP contribution in [0.4, 0.5) is 15.8 Å². The molecule has 4 N–H and O–H groups in total. The van der Waals surface area contributed by atoms with E-state index in [1.54, 1.807) is 19.1 Å². The number of thioether (sulfide) groups is 1. The first kappa shape index (κ1) is 20.4. The number of nitrogens with two attached hydrogens (primary N) is 1. The van der Waals surface area contributed by atoms with Gasteiger partial charge in [-0.1, -0.05) is 17.7 Å². The largest absolute Gasteiger partial charge is 0.366 e. The zero-order valence-electron chi connectivity index (χ0n) is 14.9. The quantitative estimate of drug-likeness (QED) is 0.678. The third-order valence-corrected chi connectivity index (χ3v) is 4.81. The van der Waals surface area contributed by atoms with Gasteiger partial charge in [-0.05, 0) is 44.2 Å². The fourth-order valence-corrected chi connectivity index (χ4v) is 2.83. The average molecular weight is 389 g/mol. The van der Waals surface area contributed by atoms with Crippen LogP contribution in [-0.2, 0) is 9.59 Å². The molecule has 27 heavy (non-hydrogen) atoms. The van der Waals surface area contributed by atoms with Gasteiger partial charge < -0.3 is 16.4 Å². The van der Waals surface area contributed by atoms with Crippen molar-refractivity contribution in [3.63, 3.8) is 0 Å². The highest BCUT2D eigenvalue weighted by molar-refractivity contribution is 8.01. The second kappa shape index (κ2) is 9.18. The maximum Gasteiger partial charge on any atom is 0.251 e. The molecule has 0 heterocycles. The lowest BCUT2D eigenvalue weighted by Crippen LogP contribution is -2.25. The van der Waals surface area contributed by atoms with E-state index in [4.69, 9.17) is 5.73 Å². The summed E-state index contributed by atoms with van der Waals surface area (Å²) in [4.78, 5) is 35.4. The minimum absolute atomic E-state index is 0.0957. The Morgan fingerprint density at radius 2 is 1.70 bits per heavy atom. The molecule has 142 valence electrons. The highest BCUT2D eigenvalue weighted by Gasteiger charge is 2.17. The van der Waals surface area contributed by atoms with Gasteiger partial charge >= 0.3 is 0 Å². The van der Waals surface area contributed by atoms with Gasteiger partial charge in [-0.25, -0.2) is 4.39 Å². The SMILES string of the molecule is Cc1ccc(NC(=O)CSC(C)C(=O)Nc2ccc(F)c(C(N)=O)c2)cc1. The normalized spacial score (nSPS) is 11.5. The van der Waals surface area contributed by atoms with E-state index in [-0.39, 0.29) is 28.8 Å². The molecular formula is C19H20FN3O3S. The molecule has 0 saturated carbocycles. The van der Waals surface area contributed by atoms with E-state index in [0.717, 1.165) is 23.4 Å². The van der Waals surface area contributed by atoms with Crippen molar-refractivity contribution < 1.29 is 18.8 Å². The fraction of sp³-hybridized carbons (Fsp3) is 0.211. The molecule has 0 spiro atoms. The van der Waals surface area contributed by atoms with Crippen LogP contribution in [0.25, 0.3) is 0 Å². The molecule has 8 heteroatoms. The topological polar surface area (TPSA) is 101 Å². The molecule has 0 aliphatic heterocycles. The first-order chi connectivity index (χ1) is 12.8. The number of carbonyl (C=O) groups excluding carboxylic acids is 3. The number of amides is 3. The Hall–Kier alpha value is -2.87. The minimum Gasteiger partial charge on any atom is -0.366 e. The fourth-order valence-electron chi connectivity index (χ4n) is 2.15. The predicted molar refractivity (Wildman–Crippen MR) is 105 cm³/mol. The van der Waals surface area contributed by atoms with Gasteiger partial charge in [0.15, 0.2) is 0 Å². The van der Waals surface area contributed by atoms with Crippen molar-refractivity contribution in [3.05, 3.63) is 59.4 Å². The van der Waals surface area contributed by atoms with Crippen molar-refractivity contribution in [2.75, 3.05) is 16.4 Å². The number of anilines is 2. The first-order valence-corrected chi connectivity index (χ1v) is 9.19. The molecule has 0 bridgehead atoms. The molecule has 2 aromatic rings. The van der Waals surface area contributed by atoms with Gasteiger partial charge in [0.2, 0.25) is 11.8 Å². The van der Waals surface area contributed by atoms with Crippen molar-refractivity contribution >= 4 is 40.9 Å². The Balaban J connectivity index is 1.86. The summed E-state index contributed by atoms with van der Waals surface area (Å²) in [5, 5.41) is 4.80. The van der Waals surface area contributed by atoms with Gasteiger partial charge in [0.1, 0.15) is 5.82 Å². The van der Waals surface area contributed by atoms with Gasteiger partial charge in [-0.15, -0.1) is 11.8 Å². The second-order valence-electron chi connectivity index (χ2n) is 5.92. The smallest absolute Gasteiger partial charge is 0.251 e. The number of hydrogen-bond donors (Lipinski definition) is 3. The molecular weight excluding hydrogens is 369 g/mol. The van der Waals surface area contributed by atoms with E-state index < -0.39 is 17.0 Å². The summed E-state index contributed by atoms with van der Waals surface area (Å²) in [5.74, 6) is -2.17. The average Bonchev–Trinajstić information content (AvgIpc) is 2.63. The summed E-state index contributed by atoms with van der Waals surface area (Å²) in [6.07, 6.45) is 0. The number of rotatable bonds is 7. The molecule has 0 aromatic heterocycles. The molecule has 0 fully saturated rings. The van der Waals surface area contributed by atoms with Crippen LogP contribution in [0.15, 0.2) is 42.5 Å². The number of primary amides is 1. The zero-order chi connectivity index (χ0) is 20.0. The van der Waals surface area contributed by atoms with Gasteiger partial charge in [0.05, 0.1) is 16.6 Å². The van der Waals surface area contributed by atoms with Crippen molar-refractivity contribution in [1.29, 1.82) is 0 Å². The molecule has 1 atom stereocenters. The van der Waals surface area contributed by atoms with Crippen LogP contribution in [0.1, 0.15) is 22.8 Å². The van der Waals surface area contributed by atoms with E-state index in [1.807, 2.05) is 19.1 Å². The van der Waals surface area contributed by atoms with Crippen LogP contribution < -0.4 is 16.4 Å². The van der Waals surface area contributed by atoms with E-state index in [9.17, 15) is 18.8 Å². The maximum absolute atomic E-state index is 13.5. The molecule has 0 aliphatic rings. The van der Waals surface area contributed by atoms with Crippen LogP contribution in [0.3, 0.4) is 0 Å². The van der Waals surface area contributed by atoms with E-state index in [2.05, 4.69) is 10.6 Å². The third-order valence-electron chi connectivity index (χ3n) is 3.67. The summed E-state index contributed by atoms with van der Waals surface area (Å²) in [6, 6.07) is 11.0. The van der Waals surface area contributed by atoms with Gasteiger partial charge in [0, 0.05) is 11.4 Å². The molecule has 2 rings (SSSR count). The summed E-state index contributed by atoms with van der Waals surface area (Å²) in [5.41, 5.74) is 6.82. The van der Waals surface area contributed by atoms with Crippen molar-refractivity contribution in [1.82, 2.24) is 0 Å². The van der Waals surface area contributed by atoms with Crippen LogP contribution in [0.2, 0.25) is 0 Å². The standard InChI is InChI=1S/C19H20FN3O3S/c1-11-3-5-13(6-4-11)22-17(24)10-27-12(2)19(26)23-14-7-8-16(20)15(9-14)18(21)25/h3-9,12H,10H2,1-2H3,(H2,21,25)(H,22,24)(H,23,26). The lowest BCUT2D eigenvalue weighted by molar-refractivity contribution is -0.115. The Kier molecular flexibility index (Phi) is 6.95. The predicted octanol–water partition coefficient (Wildman–Crippen LogP) is 2.93. The molecule has 0 aliphatic carbocycles. The Labute approximate surface area is 160 Å². The minimum atomic E-state index is -0.918. The molecule has 0 saturated heterocycles. The van der Waals surface area contributed by atoms with Crippen LogP contribution in [-0.4, -0.2) is 28.7 Å². The zero-order valence-corrected chi connectivity index (χ0v) is 15.7. The maximum atomic E-state index is 13.5.